The van der Waals surface area contributed by atoms with E-state index in [1.165, 1.54) is 35.9 Å². The highest BCUT2D eigenvalue weighted by Gasteiger charge is 2.09. The van der Waals surface area contributed by atoms with E-state index in [1.807, 2.05) is 6.26 Å². The van der Waals surface area contributed by atoms with Crippen LogP contribution in [0.4, 0.5) is 0 Å². The zero-order chi connectivity index (χ0) is 15.3. The van der Waals surface area contributed by atoms with Crippen molar-refractivity contribution in [3.63, 3.8) is 0 Å². The largest absolute Gasteiger partial charge is 0.633 e. The third-order valence-corrected chi connectivity index (χ3v) is 3.74. The third kappa shape index (κ3) is 5.16. The number of nitrogens with zero attached hydrogens (tertiary/aromatic N) is 7. The van der Waals surface area contributed by atoms with Gasteiger partial charge in [0.05, 0.1) is 38.8 Å². The number of thioether (sulfide) groups is 2. The van der Waals surface area contributed by atoms with Gasteiger partial charge in [0, 0.05) is 0 Å². The quantitative estimate of drug-likeness (QED) is 0.439. The monoisotopic (exact) mass is 325 g/mol. The van der Waals surface area contributed by atoms with Gasteiger partial charge in [-0.15, -0.1) is 10.2 Å². The molecule has 0 unspecified atom stereocenters. The fourth-order valence-electron chi connectivity index (χ4n) is 1.33. The van der Waals surface area contributed by atoms with E-state index in [1.54, 1.807) is 14.1 Å². The molecule has 0 spiro atoms. The van der Waals surface area contributed by atoms with Gasteiger partial charge in [-0.25, -0.2) is 9.97 Å². The number of rotatable bonds is 6. The molecule has 2 rings (SSSR count). The predicted molar refractivity (Wildman–Crippen MR) is 81.5 cm³/mol. The summed E-state index contributed by atoms with van der Waals surface area (Å²) in [5.74, 6) is 0.625. The van der Waals surface area contributed by atoms with Gasteiger partial charge in [-0.3, -0.25) is 0 Å². The first-order valence-electron chi connectivity index (χ1n) is 6.08. The first kappa shape index (κ1) is 16.0. The van der Waals surface area contributed by atoms with Gasteiger partial charge in [0.1, 0.15) is 11.4 Å². The third-order valence-electron chi connectivity index (χ3n) is 2.38. The van der Waals surface area contributed by atoms with Crippen LogP contribution >= 0.6 is 23.5 Å². The highest BCUT2D eigenvalue weighted by Crippen LogP contribution is 2.18. The molecule has 21 heavy (non-hydrogen) atoms. The number of hydrogen-bond acceptors (Lipinski definition) is 9. The molecule has 0 aromatic carbocycles. The molecule has 8 nitrogen and oxygen atoms in total. The van der Waals surface area contributed by atoms with Crippen molar-refractivity contribution in [2.75, 3.05) is 32.6 Å². The Morgan fingerprint density at radius 3 is 2.19 bits per heavy atom. The van der Waals surface area contributed by atoms with Gasteiger partial charge in [0.15, 0.2) is 0 Å². The fourth-order valence-corrected chi connectivity index (χ4v) is 2.63. The molecule has 0 saturated carbocycles. The number of hydroxylamine groups is 3. The first-order valence-corrected chi connectivity index (χ1v) is 8.29. The molecule has 112 valence electrons. The standard InChI is InChI=1S/C11H15N7OS2/c1-18(2,19)4-5-21-11-15-9(7-13-17-11)8-6-12-16-10(14-8)20-3/h6-7H,4-5H2,1-3H3. The smallest absolute Gasteiger partial charge is 0.209 e. The van der Waals surface area contributed by atoms with Crippen LogP contribution < -0.4 is 0 Å². The maximum absolute atomic E-state index is 11.5. The lowest BCUT2D eigenvalue weighted by Crippen LogP contribution is -2.34. The summed E-state index contributed by atoms with van der Waals surface area (Å²) in [6.45, 7) is 0.476. The Kier molecular flexibility index (Phi) is 5.39. The molecule has 2 aromatic heterocycles. The van der Waals surface area contributed by atoms with Crippen LogP contribution in [-0.2, 0) is 0 Å². The van der Waals surface area contributed by atoms with E-state index in [2.05, 4.69) is 30.4 Å². The lowest BCUT2D eigenvalue weighted by atomic mass is 10.3. The van der Waals surface area contributed by atoms with E-state index in [-0.39, 0.29) is 4.65 Å². The lowest BCUT2D eigenvalue weighted by molar-refractivity contribution is -0.837. The Bertz CT molecular complexity index is 605. The predicted octanol–water partition coefficient (Wildman–Crippen LogP) is 1.11. The Hall–Kier alpha value is -1.36. The minimum absolute atomic E-state index is 0.340. The van der Waals surface area contributed by atoms with E-state index < -0.39 is 0 Å². The van der Waals surface area contributed by atoms with Crippen molar-refractivity contribution in [2.24, 2.45) is 0 Å². The number of hydrogen-bond donors (Lipinski definition) is 0. The summed E-state index contributed by atoms with van der Waals surface area (Å²) in [7, 11) is 3.21. The first-order chi connectivity index (χ1) is 9.98. The summed E-state index contributed by atoms with van der Waals surface area (Å²) in [4.78, 5) is 8.70. The van der Waals surface area contributed by atoms with Gasteiger partial charge >= 0.3 is 0 Å². The molecule has 0 N–H and O–H groups in total. The van der Waals surface area contributed by atoms with E-state index in [0.29, 0.717) is 34.0 Å². The van der Waals surface area contributed by atoms with Crippen molar-refractivity contribution < 1.29 is 4.65 Å². The van der Waals surface area contributed by atoms with Gasteiger partial charge in [-0.05, 0) is 6.26 Å². The Morgan fingerprint density at radius 2 is 1.62 bits per heavy atom. The Balaban J connectivity index is 2.10. The average molecular weight is 325 g/mol. The molecule has 0 atom stereocenters. The van der Waals surface area contributed by atoms with Crippen LogP contribution in [0, 0.1) is 5.21 Å². The molecule has 0 aliphatic carbocycles. The van der Waals surface area contributed by atoms with E-state index in [0.717, 1.165) is 0 Å². The normalized spacial score (nSPS) is 11.6. The van der Waals surface area contributed by atoms with Crippen LogP contribution in [0.1, 0.15) is 0 Å². The van der Waals surface area contributed by atoms with Crippen molar-refractivity contribution in [3.8, 4) is 11.4 Å². The zero-order valence-electron chi connectivity index (χ0n) is 11.9. The molecule has 0 amide bonds. The lowest BCUT2D eigenvalue weighted by Gasteiger charge is -2.33. The van der Waals surface area contributed by atoms with E-state index in [4.69, 9.17) is 0 Å². The highest BCUT2D eigenvalue weighted by molar-refractivity contribution is 7.99. The van der Waals surface area contributed by atoms with E-state index in [9.17, 15) is 5.21 Å². The maximum Gasteiger partial charge on any atom is 0.209 e. The molecule has 0 saturated heterocycles. The minimum Gasteiger partial charge on any atom is -0.633 e. The summed E-state index contributed by atoms with van der Waals surface area (Å²) in [5, 5.41) is 28.2. The second-order valence-corrected chi connectivity index (χ2v) is 6.43. The van der Waals surface area contributed by atoms with Crippen molar-refractivity contribution in [1.82, 2.24) is 30.4 Å². The summed E-state index contributed by atoms with van der Waals surface area (Å²) >= 11 is 2.80. The molecule has 0 radical (unpaired) electrons. The Morgan fingerprint density at radius 1 is 1.05 bits per heavy atom. The van der Waals surface area contributed by atoms with Crippen LogP contribution in [0.2, 0.25) is 0 Å². The summed E-state index contributed by atoms with van der Waals surface area (Å²) in [6, 6.07) is 0. The van der Waals surface area contributed by atoms with Crippen molar-refractivity contribution in [2.45, 2.75) is 10.3 Å². The van der Waals surface area contributed by atoms with Crippen LogP contribution in [0.25, 0.3) is 11.4 Å². The average Bonchev–Trinajstić information content (AvgIpc) is 2.46. The minimum atomic E-state index is -0.340. The summed E-state index contributed by atoms with van der Waals surface area (Å²) in [6.07, 6.45) is 4.95. The fraction of sp³-hybridized carbons (Fsp3) is 0.455. The highest BCUT2D eigenvalue weighted by atomic mass is 32.2. The molecule has 0 bridgehead atoms. The Labute approximate surface area is 131 Å². The molecule has 0 aliphatic rings. The SMILES string of the molecule is CSc1nncc(-c2cnnc(SCC[N+](C)(C)[O-])n2)n1. The van der Waals surface area contributed by atoms with Crippen molar-refractivity contribution in [1.29, 1.82) is 0 Å². The second kappa shape index (κ2) is 7.07. The second-order valence-electron chi connectivity index (χ2n) is 4.60. The van der Waals surface area contributed by atoms with Gasteiger partial charge < -0.3 is 9.85 Å². The van der Waals surface area contributed by atoms with Gasteiger partial charge in [-0.2, -0.15) is 10.2 Å². The molecule has 10 heteroatoms. The molecule has 2 heterocycles. The number of aromatic nitrogens is 6. The van der Waals surface area contributed by atoms with E-state index >= 15 is 0 Å². The van der Waals surface area contributed by atoms with Gasteiger partial charge in [0.2, 0.25) is 10.3 Å². The maximum atomic E-state index is 11.5. The van der Waals surface area contributed by atoms with Crippen LogP contribution in [0.15, 0.2) is 22.7 Å². The van der Waals surface area contributed by atoms with Gasteiger partial charge in [0.25, 0.3) is 0 Å². The van der Waals surface area contributed by atoms with Crippen LogP contribution in [0.5, 0.6) is 0 Å². The topological polar surface area (TPSA) is 100 Å². The van der Waals surface area contributed by atoms with Gasteiger partial charge in [-0.1, -0.05) is 23.5 Å². The summed E-state index contributed by atoms with van der Waals surface area (Å²) in [5.41, 5.74) is 1.19. The summed E-state index contributed by atoms with van der Waals surface area (Å²) < 4.78 is -0.340. The van der Waals surface area contributed by atoms with Crippen LogP contribution in [0.3, 0.4) is 0 Å². The molecular formula is C11H15N7OS2. The molecule has 2 aromatic rings. The molecule has 0 aliphatic heterocycles. The molecular weight excluding hydrogens is 310 g/mol. The van der Waals surface area contributed by atoms with Crippen molar-refractivity contribution >= 4 is 23.5 Å². The van der Waals surface area contributed by atoms with Crippen molar-refractivity contribution in [3.05, 3.63) is 17.6 Å². The molecule has 0 fully saturated rings. The van der Waals surface area contributed by atoms with Crippen LogP contribution in [-0.4, -0.2) is 67.7 Å². The number of quaternary nitrogens is 1. The zero-order valence-corrected chi connectivity index (χ0v) is 13.6.